The van der Waals surface area contributed by atoms with Crippen molar-refractivity contribution in [2.75, 3.05) is 20.3 Å². The van der Waals surface area contributed by atoms with Crippen molar-refractivity contribution in [2.45, 2.75) is 30.7 Å². The molecular weight excluding hydrogens is 659 g/mol. The maximum absolute atomic E-state index is 14.6. The molecule has 0 aromatic heterocycles. The number of alkyl halides is 6. The third-order valence-corrected chi connectivity index (χ3v) is 6.90. The Balaban J connectivity index is 0.000000613. The van der Waals surface area contributed by atoms with Gasteiger partial charge in [0.2, 0.25) is 6.41 Å². The molecule has 2 amide bonds. The second kappa shape index (κ2) is 17.8. The van der Waals surface area contributed by atoms with Gasteiger partial charge in [0.1, 0.15) is 17.4 Å². The van der Waals surface area contributed by atoms with E-state index in [0.29, 0.717) is 24.1 Å². The average molecular weight is 691 g/mol. The van der Waals surface area contributed by atoms with Crippen LogP contribution in [0.5, 0.6) is 0 Å². The first-order chi connectivity index (χ1) is 22.6. The van der Waals surface area contributed by atoms with Gasteiger partial charge in [-0.25, -0.2) is 22.4 Å². The first-order valence-electron chi connectivity index (χ1n) is 13.9. The molecule has 2 atom stereocenters. The van der Waals surface area contributed by atoms with Crippen molar-refractivity contribution in [1.82, 2.24) is 10.6 Å². The summed E-state index contributed by atoms with van der Waals surface area (Å²) in [5.74, 6) is -3.32. The Bertz CT molecular complexity index is 1520. The maximum atomic E-state index is 14.6. The van der Waals surface area contributed by atoms with Crippen LogP contribution >= 0.6 is 0 Å². The van der Waals surface area contributed by atoms with Gasteiger partial charge in [-0.2, -0.15) is 22.0 Å². The lowest BCUT2D eigenvalue weighted by Gasteiger charge is -2.42. The maximum Gasteiger partial charge on any atom is 0.427 e. The van der Waals surface area contributed by atoms with Crippen LogP contribution in [0.25, 0.3) is 0 Å². The summed E-state index contributed by atoms with van der Waals surface area (Å²) >= 11 is 0. The smallest absolute Gasteiger partial charge is 0.427 e. The summed E-state index contributed by atoms with van der Waals surface area (Å²) in [4.78, 5) is 23.3. The van der Waals surface area contributed by atoms with Gasteiger partial charge in [0.25, 0.3) is 0 Å². The van der Waals surface area contributed by atoms with Gasteiger partial charge in [-0.15, -0.1) is 0 Å². The number of hydrogen-bond acceptors (Lipinski definition) is 4. The number of rotatable bonds is 13. The third kappa shape index (κ3) is 11.4. The SMILES string of the molecule is C=C(/C=C(\C=C\F)OC(F)(F)CF)[C@](Cc1ccccc1)(NC=O)C1C=CC(F)=C(CNC(=O)OC)C1.Fc1ccccc1C(F)(F)F. The zero-order valence-corrected chi connectivity index (χ0v) is 25.3. The van der Waals surface area contributed by atoms with Gasteiger partial charge < -0.3 is 20.1 Å². The Kier molecular flexibility index (Phi) is 14.6. The van der Waals surface area contributed by atoms with Gasteiger partial charge in [-0.1, -0.05) is 55.1 Å². The number of carbonyl (C=O) groups is 2. The summed E-state index contributed by atoms with van der Waals surface area (Å²) < 4.78 is 124. The van der Waals surface area contributed by atoms with Gasteiger partial charge >= 0.3 is 18.4 Å². The summed E-state index contributed by atoms with van der Waals surface area (Å²) in [5.41, 5.74) is -1.82. The van der Waals surface area contributed by atoms with Crippen LogP contribution in [0.1, 0.15) is 17.5 Å². The molecule has 1 aliphatic carbocycles. The summed E-state index contributed by atoms with van der Waals surface area (Å²) in [5, 5.41) is 5.07. The number of alkyl carbamates (subject to hydrolysis) is 1. The molecule has 48 heavy (non-hydrogen) atoms. The van der Waals surface area contributed by atoms with E-state index < -0.39 is 59.5 Å². The van der Waals surface area contributed by atoms with E-state index in [1.807, 2.05) is 0 Å². The quantitative estimate of drug-likeness (QED) is 0.0962. The topological polar surface area (TPSA) is 76.7 Å². The van der Waals surface area contributed by atoms with E-state index in [-0.39, 0.29) is 36.9 Å². The second-order valence-electron chi connectivity index (χ2n) is 10.1. The van der Waals surface area contributed by atoms with Crippen molar-refractivity contribution in [3.8, 4) is 0 Å². The molecule has 0 aliphatic heterocycles. The highest BCUT2D eigenvalue weighted by molar-refractivity contribution is 5.67. The number of hydrogen-bond donors (Lipinski definition) is 2. The number of ether oxygens (including phenoxy) is 2. The highest BCUT2D eigenvalue weighted by atomic mass is 19.4. The van der Waals surface area contributed by atoms with Crippen LogP contribution < -0.4 is 10.6 Å². The van der Waals surface area contributed by atoms with E-state index >= 15 is 0 Å². The van der Waals surface area contributed by atoms with Crippen LogP contribution in [0.3, 0.4) is 0 Å². The molecule has 0 bridgehead atoms. The normalized spacial score (nSPS) is 16.4. The number of halogens is 9. The lowest BCUT2D eigenvalue weighted by atomic mass is 9.70. The molecule has 0 saturated heterocycles. The van der Waals surface area contributed by atoms with Crippen LogP contribution in [-0.4, -0.2) is 44.5 Å². The van der Waals surface area contributed by atoms with E-state index in [0.717, 1.165) is 31.4 Å². The van der Waals surface area contributed by atoms with Gasteiger partial charge in [0.05, 0.1) is 24.5 Å². The van der Waals surface area contributed by atoms with Crippen molar-refractivity contribution in [3.63, 3.8) is 0 Å². The molecule has 1 unspecified atom stereocenters. The number of amides is 2. The first-order valence-corrected chi connectivity index (χ1v) is 13.9. The molecule has 0 saturated carbocycles. The number of carbonyl (C=O) groups excluding carboxylic acids is 2. The molecule has 2 aromatic carbocycles. The number of methoxy groups -OCH3 is 1. The summed E-state index contributed by atoms with van der Waals surface area (Å²) in [7, 11) is 1.15. The van der Waals surface area contributed by atoms with E-state index in [2.05, 4.69) is 26.7 Å². The Hall–Kier alpha value is -4.95. The van der Waals surface area contributed by atoms with Crippen molar-refractivity contribution >= 4 is 12.5 Å². The fourth-order valence-corrected chi connectivity index (χ4v) is 4.62. The van der Waals surface area contributed by atoms with E-state index in [4.69, 9.17) is 0 Å². The monoisotopic (exact) mass is 690 g/mol. The summed E-state index contributed by atoms with van der Waals surface area (Å²) in [6, 6.07) is 12.6. The fourth-order valence-electron chi connectivity index (χ4n) is 4.62. The minimum absolute atomic E-state index is 0.0107. The Morgan fingerprint density at radius 1 is 1.04 bits per heavy atom. The highest BCUT2D eigenvalue weighted by Crippen LogP contribution is 2.39. The standard InChI is InChI=1S/C26H27F5N2O4.C7H4F4/c1-18(12-22(10-11-27)37-26(30,31)16-28)25(33-17-34,14-19-6-4-3-5-7-19)21-8-9-23(29)20(13-21)15-32-24(35)36-2;8-6-4-2-1-3-5(6)7(9,10)11/h3-12,17,21H,1,13-16H2,2H3,(H,32,35)(H,33,34);1-4H/b11-10+,22-12+;/t21?,25-;/m0./s1. The van der Waals surface area contributed by atoms with Crippen molar-refractivity contribution < 1.29 is 58.6 Å². The molecule has 0 heterocycles. The van der Waals surface area contributed by atoms with E-state index in [1.54, 1.807) is 30.3 Å². The molecular formula is C33H31F9N2O4. The number of allylic oxidation sites excluding steroid dienone is 3. The lowest BCUT2D eigenvalue weighted by molar-refractivity contribution is -0.219. The van der Waals surface area contributed by atoms with Crippen molar-refractivity contribution in [1.29, 1.82) is 0 Å². The third-order valence-electron chi connectivity index (χ3n) is 6.90. The second-order valence-corrected chi connectivity index (χ2v) is 10.1. The molecule has 0 spiro atoms. The highest BCUT2D eigenvalue weighted by Gasteiger charge is 2.42. The average Bonchev–Trinajstić information content (AvgIpc) is 3.04. The fraction of sp³-hybridized carbons (Fsp3) is 0.273. The van der Waals surface area contributed by atoms with Gasteiger partial charge in [-0.05, 0) is 47.4 Å². The predicted molar refractivity (Wildman–Crippen MR) is 159 cm³/mol. The van der Waals surface area contributed by atoms with Crippen LogP contribution in [-0.2, 0) is 26.9 Å². The minimum atomic E-state index is -4.59. The Morgan fingerprint density at radius 3 is 2.23 bits per heavy atom. The Morgan fingerprint density at radius 2 is 1.69 bits per heavy atom. The number of nitrogens with one attached hydrogen (secondary N) is 2. The van der Waals surface area contributed by atoms with Crippen LogP contribution in [0.2, 0.25) is 0 Å². The zero-order chi connectivity index (χ0) is 36.0. The van der Waals surface area contributed by atoms with Crippen molar-refractivity contribution in [2.24, 2.45) is 5.92 Å². The first kappa shape index (κ1) is 39.2. The van der Waals surface area contributed by atoms with Crippen molar-refractivity contribution in [3.05, 3.63) is 131 Å². The van der Waals surface area contributed by atoms with Crippen LogP contribution in [0.15, 0.2) is 115 Å². The van der Waals surface area contributed by atoms with E-state index in [9.17, 15) is 49.1 Å². The molecule has 6 nitrogen and oxygen atoms in total. The largest absolute Gasteiger partial charge is 0.453 e. The van der Waals surface area contributed by atoms with Crippen LogP contribution in [0, 0.1) is 11.7 Å². The summed E-state index contributed by atoms with van der Waals surface area (Å²) in [6.07, 6.45) is -5.16. The summed E-state index contributed by atoms with van der Waals surface area (Å²) in [6.45, 7) is 1.56. The molecule has 0 fully saturated rings. The van der Waals surface area contributed by atoms with E-state index in [1.165, 1.54) is 12.1 Å². The molecule has 2 aromatic rings. The Labute approximate surface area is 270 Å². The van der Waals surface area contributed by atoms with Gasteiger partial charge in [0, 0.05) is 25.0 Å². The van der Waals surface area contributed by atoms with Crippen LogP contribution in [0.4, 0.5) is 44.3 Å². The molecule has 1 aliphatic rings. The molecule has 0 radical (unpaired) electrons. The molecule has 15 heteroatoms. The molecule has 2 N–H and O–H groups in total. The zero-order valence-electron chi connectivity index (χ0n) is 25.3. The molecule has 260 valence electrons. The lowest BCUT2D eigenvalue weighted by Crippen LogP contribution is -2.54. The number of benzene rings is 2. The minimum Gasteiger partial charge on any atom is -0.453 e. The predicted octanol–water partition coefficient (Wildman–Crippen LogP) is 8.22. The van der Waals surface area contributed by atoms with Gasteiger partial charge in [-0.3, -0.25) is 4.79 Å². The molecule has 3 rings (SSSR count). The van der Waals surface area contributed by atoms with Gasteiger partial charge in [0.15, 0.2) is 6.67 Å².